The van der Waals surface area contributed by atoms with Crippen LogP contribution < -0.4 is 15.4 Å². The lowest BCUT2D eigenvalue weighted by molar-refractivity contribution is -0.119. The first kappa shape index (κ1) is 25.5. The number of carbonyl (C=O) groups is 3. The van der Waals surface area contributed by atoms with Crippen LogP contribution in [-0.4, -0.2) is 35.8 Å². The number of nitrogens with zero attached hydrogens (tertiary/aromatic N) is 1. The minimum absolute atomic E-state index is 0.0231. The van der Waals surface area contributed by atoms with Crippen molar-refractivity contribution in [2.45, 2.75) is 57.0 Å². The van der Waals surface area contributed by atoms with Gasteiger partial charge in [-0.25, -0.2) is 0 Å². The molecule has 1 aliphatic carbocycles. The number of hydrogen-bond donors (Lipinski definition) is 2. The highest BCUT2D eigenvalue weighted by molar-refractivity contribution is 6.04. The molecule has 2 N–H and O–H groups in total. The highest BCUT2D eigenvalue weighted by Gasteiger charge is 2.46. The maximum atomic E-state index is 14.1. The SMILES string of the molecule is COc1ccc([C@H]2[C@H](C(=O)Nc3cccc(NC(C)=O)c3)c3ccccc3C(=O)N2C2CCCCC2)cc1. The van der Waals surface area contributed by atoms with Gasteiger partial charge < -0.3 is 20.3 Å². The number of benzene rings is 3. The topological polar surface area (TPSA) is 87.7 Å². The van der Waals surface area contributed by atoms with E-state index in [0.29, 0.717) is 16.9 Å². The van der Waals surface area contributed by atoms with Crippen molar-refractivity contribution in [2.75, 3.05) is 17.7 Å². The number of fused-ring (bicyclic) bond motifs is 1. The number of carbonyl (C=O) groups excluding carboxylic acids is 3. The van der Waals surface area contributed by atoms with Gasteiger partial charge in [-0.2, -0.15) is 0 Å². The van der Waals surface area contributed by atoms with E-state index >= 15 is 0 Å². The normalized spacial score (nSPS) is 19.4. The third-order valence-corrected chi connectivity index (χ3v) is 7.53. The van der Waals surface area contributed by atoms with Gasteiger partial charge in [0.1, 0.15) is 5.75 Å². The Labute approximate surface area is 223 Å². The summed E-state index contributed by atoms with van der Waals surface area (Å²) in [4.78, 5) is 41.7. The van der Waals surface area contributed by atoms with Crippen molar-refractivity contribution < 1.29 is 19.1 Å². The molecule has 0 spiro atoms. The second-order valence-electron chi connectivity index (χ2n) is 10.0. The maximum Gasteiger partial charge on any atom is 0.254 e. The Hall–Kier alpha value is -4.13. The average Bonchev–Trinajstić information content (AvgIpc) is 2.93. The Morgan fingerprint density at radius 2 is 1.55 bits per heavy atom. The molecule has 0 bridgehead atoms. The number of anilines is 2. The lowest BCUT2D eigenvalue weighted by Crippen LogP contribution is -2.51. The Bertz CT molecular complexity index is 1330. The molecule has 0 saturated heterocycles. The van der Waals surface area contributed by atoms with Crippen LogP contribution in [0.5, 0.6) is 5.75 Å². The average molecular weight is 512 g/mol. The predicted molar refractivity (Wildman–Crippen MR) is 147 cm³/mol. The zero-order valence-corrected chi connectivity index (χ0v) is 21.8. The fourth-order valence-electron chi connectivity index (χ4n) is 5.85. The molecule has 2 atom stereocenters. The third-order valence-electron chi connectivity index (χ3n) is 7.53. The first-order chi connectivity index (χ1) is 18.5. The highest BCUT2D eigenvalue weighted by atomic mass is 16.5. The van der Waals surface area contributed by atoms with E-state index < -0.39 is 12.0 Å². The monoisotopic (exact) mass is 511 g/mol. The Morgan fingerprint density at radius 1 is 0.868 bits per heavy atom. The molecule has 0 radical (unpaired) electrons. The maximum absolute atomic E-state index is 14.1. The molecule has 1 saturated carbocycles. The standard InChI is InChI=1S/C31H33N3O4/c1-20(35)32-22-9-8-10-23(19-22)33-30(36)28-26-13-6-7-14-27(26)31(37)34(24-11-4-3-5-12-24)29(28)21-15-17-25(38-2)18-16-21/h6-10,13-19,24,28-29H,3-5,11-12H2,1-2H3,(H,32,35)(H,33,36)/t28-,29+/m1/s1. The molecule has 0 aromatic heterocycles. The fraction of sp³-hybridized carbons (Fsp3) is 0.323. The van der Waals surface area contributed by atoms with Crippen LogP contribution in [0.3, 0.4) is 0 Å². The van der Waals surface area contributed by atoms with E-state index in [2.05, 4.69) is 10.6 Å². The van der Waals surface area contributed by atoms with Crippen LogP contribution in [0.15, 0.2) is 72.8 Å². The van der Waals surface area contributed by atoms with Gasteiger partial charge in [-0.05, 0) is 60.4 Å². The van der Waals surface area contributed by atoms with E-state index in [1.54, 1.807) is 31.4 Å². The van der Waals surface area contributed by atoms with Gasteiger partial charge in [-0.15, -0.1) is 0 Å². The Kier molecular flexibility index (Phi) is 7.45. The molecule has 2 aliphatic rings. The molecule has 1 heterocycles. The summed E-state index contributed by atoms with van der Waals surface area (Å²) < 4.78 is 5.38. The highest BCUT2D eigenvalue weighted by Crippen LogP contribution is 2.46. The summed E-state index contributed by atoms with van der Waals surface area (Å²) >= 11 is 0. The first-order valence-corrected chi connectivity index (χ1v) is 13.2. The van der Waals surface area contributed by atoms with Gasteiger partial charge in [-0.3, -0.25) is 14.4 Å². The van der Waals surface area contributed by atoms with Crippen LogP contribution in [0.2, 0.25) is 0 Å². The van der Waals surface area contributed by atoms with E-state index in [1.807, 2.05) is 53.4 Å². The fourth-order valence-corrected chi connectivity index (χ4v) is 5.85. The van der Waals surface area contributed by atoms with Crippen LogP contribution in [-0.2, 0) is 9.59 Å². The molecule has 1 fully saturated rings. The number of nitrogens with one attached hydrogen (secondary N) is 2. The summed E-state index contributed by atoms with van der Waals surface area (Å²) in [6.07, 6.45) is 5.15. The van der Waals surface area contributed by atoms with E-state index in [4.69, 9.17) is 4.74 Å². The number of amides is 3. The van der Waals surface area contributed by atoms with E-state index in [-0.39, 0.29) is 23.8 Å². The van der Waals surface area contributed by atoms with E-state index in [9.17, 15) is 14.4 Å². The number of ether oxygens (including phenoxy) is 1. The Morgan fingerprint density at radius 3 is 2.24 bits per heavy atom. The van der Waals surface area contributed by atoms with Gasteiger partial charge in [0.25, 0.3) is 5.91 Å². The molecule has 3 aromatic carbocycles. The van der Waals surface area contributed by atoms with Crippen LogP contribution in [0, 0.1) is 0 Å². The number of rotatable bonds is 6. The summed E-state index contributed by atoms with van der Waals surface area (Å²) in [6, 6.07) is 21.8. The molecular weight excluding hydrogens is 478 g/mol. The largest absolute Gasteiger partial charge is 0.497 e. The molecule has 5 rings (SSSR count). The summed E-state index contributed by atoms with van der Waals surface area (Å²) in [5, 5.41) is 5.83. The van der Waals surface area contributed by atoms with Crippen molar-refractivity contribution >= 4 is 29.1 Å². The molecule has 196 valence electrons. The first-order valence-electron chi connectivity index (χ1n) is 13.2. The second kappa shape index (κ2) is 11.1. The van der Waals surface area contributed by atoms with Crippen LogP contribution >= 0.6 is 0 Å². The Balaban J connectivity index is 1.59. The van der Waals surface area contributed by atoms with Crippen molar-refractivity contribution in [3.63, 3.8) is 0 Å². The van der Waals surface area contributed by atoms with Crippen LogP contribution in [0.25, 0.3) is 0 Å². The lowest BCUT2D eigenvalue weighted by atomic mass is 9.77. The van der Waals surface area contributed by atoms with Gasteiger partial charge in [0.15, 0.2) is 0 Å². The zero-order chi connectivity index (χ0) is 26.6. The molecule has 3 aromatic rings. The molecule has 7 heteroatoms. The van der Waals surface area contributed by atoms with Gasteiger partial charge in [0.2, 0.25) is 11.8 Å². The number of methoxy groups -OCH3 is 1. The van der Waals surface area contributed by atoms with E-state index in [1.165, 1.54) is 6.92 Å². The number of hydrogen-bond acceptors (Lipinski definition) is 4. The van der Waals surface area contributed by atoms with Crippen molar-refractivity contribution in [1.82, 2.24) is 4.90 Å². The van der Waals surface area contributed by atoms with Crippen molar-refractivity contribution in [2.24, 2.45) is 0 Å². The summed E-state index contributed by atoms with van der Waals surface area (Å²) in [6.45, 7) is 1.44. The van der Waals surface area contributed by atoms with Crippen LogP contribution in [0.4, 0.5) is 11.4 Å². The van der Waals surface area contributed by atoms with Gasteiger partial charge in [0.05, 0.1) is 19.1 Å². The molecular formula is C31H33N3O4. The van der Waals surface area contributed by atoms with Gasteiger partial charge >= 0.3 is 0 Å². The summed E-state index contributed by atoms with van der Waals surface area (Å²) in [7, 11) is 1.62. The molecule has 3 amide bonds. The van der Waals surface area contributed by atoms with Crippen molar-refractivity contribution in [3.05, 3.63) is 89.5 Å². The zero-order valence-electron chi connectivity index (χ0n) is 21.8. The molecule has 0 unspecified atom stereocenters. The van der Waals surface area contributed by atoms with E-state index in [0.717, 1.165) is 49.0 Å². The smallest absolute Gasteiger partial charge is 0.254 e. The summed E-state index contributed by atoms with van der Waals surface area (Å²) in [5.74, 6) is -0.313. The van der Waals surface area contributed by atoms with Crippen molar-refractivity contribution in [1.29, 1.82) is 0 Å². The van der Waals surface area contributed by atoms with Crippen molar-refractivity contribution in [3.8, 4) is 5.75 Å². The van der Waals surface area contributed by atoms with Gasteiger partial charge in [-0.1, -0.05) is 55.7 Å². The molecule has 38 heavy (non-hydrogen) atoms. The summed E-state index contributed by atoms with van der Waals surface area (Å²) in [5.41, 5.74) is 3.38. The minimum atomic E-state index is -0.622. The molecule has 1 aliphatic heterocycles. The van der Waals surface area contributed by atoms with Crippen LogP contribution in [0.1, 0.15) is 72.5 Å². The molecule has 7 nitrogen and oxygen atoms in total. The second-order valence-corrected chi connectivity index (χ2v) is 10.0. The minimum Gasteiger partial charge on any atom is -0.497 e. The lowest BCUT2D eigenvalue weighted by Gasteiger charge is -2.46. The quantitative estimate of drug-likeness (QED) is 0.431. The predicted octanol–water partition coefficient (Wildman–Crippen LogP) is 5.91. The van der Waals surface area contributed by atoms with Gasteiger partial charge in [0, 0.05) is 29.9 Å². The third kappa shape index (κ3) is 5.14.